The minimum Gasteiger partial charge on any atom is -0.497 e. The van der Waals surface area contributed by atoms with E-state index in [0.29, 0.717) is 38.0 Å². The number of hydrogen-bond acceptors (Lipinski definition) is 6. The largest absolute Gasteiger partial charge is 0.497 e. The highest BCUT2D eigenvalue weighted by atomic mass is 32.1. The van der Waals surface area contributed by atoms with Crippen LogP contribution in [0.25, 0.3) is 0 Å². The molecule has 186 valence electrons. The fraction of sp³-hybridized carbons (Fsp3) is 0.519. The Morgan fingerprint density at radius 3 is 2.51 bits per heavy atom. The molecule has 2 aliphatic rings. The summed E-state index contributed by atoms with van der Waals surface area (Å²) < 4.78 is 5.18. The van der Waals surface area contributed by atoms with Crippen LogP contribution in [0, 0.1) is 11.3 Å². The van der Waals surface area contributed by atoms with E-state index in [0.717, 1.165) is 67.1 Å². The zero-order valence-electron chi connectivity index (χ0n) is 20.5. The smallest absolute Gasteiger partial charge is 0.226 e. The van der Waals surface area contributed by atoms with Crippen LogP contribution >= 0.6 is 11.3 Å². The standard InChI is InChI=1S/C27H34N4O3S/c1-34-21-10-7-20(8-11-21)9-12-26(33)31-17-15-30(16-18-31)14-13-25(32)29-27-23(19-28)22-5-3-2-4-6-24(22)35-27/h7-8,10-11H,2-6,9,12-18H2,1H3,(H,29,32). The van der Waals surface area contributed by atoms with Crippen molar-refractivity contribution in [1.82, 2.24) is 9.80 Å². The molecule has 1 saturated heterocycles. The Bertz CT molecular complexity index is 1070. The normalized spacial score (nSPS) is 16.2. The van der Waals surface area contributed by atoms with Crippen LogP contribution in [0.2, 0.25) is 0 Å². The summed E-state index contributed by atoms with van der Waals surface area (Å²) in [4.78, 5) is 30.7. The van der Waals surface area contributed by atoms with Gasteiger partial charge in [0, 0.05) is 50.4 Å². The fourth-order valence-corrected chi connectivity index (χ4v) is 6.08. The Hall–Kier alpha value is -2.89. The second-order valence-corrected chi connectivity index (χ2v) is 10.4. The third kappa shape index (κ3) is 6.62. The maximum atomic E-state index is 12.6. The quantitative estimate of drug-likeness (QED) is 0.561. The number of fused-ring (bicyclic) bond motifs is 1. The minimum absolute atomic E-state index is 0.0455. The van der Waals surface area contributed by atoms with Crippen molar-refractivity contribution in [2.45, 2.75) is 51.4 Å². The van der Waals surface area contributed by atoms with E-state index in [1.807, 2.05) is 29.2 Å². The second kappa shape index (κ2) is 12.2. The van der Waals surface area contributed by atoms with E-state index in [2.05, 4.69) is 16.3 Å². The molecule has 1 aliphatic heterocycles. The molecule has 0 spiro atoms. The Balaban J connectivity index is 1.18. The van der Waals surface area contributed by atoms with Crippen LogP contribution in [0.1, 0.15) is 53.7 Å². The fourth-order valence-electron chi connectivity index (χ4n) is 4.82. The van der Waals surface area contributed by atoms with Crippen molar-refractivity contribution in [2.75, 3.05) is 45.2 Å². The number of nitriles is 1. The number of aryl methyl sites for hydroxylation is 2. The summed E-state index contributed by atoms with van der Waals surface area (Å²) in [6.45, 7) is 3.60. The third-order valence-electron chi connectivity index (χ3n) is 6.95. The van der Waals surface area contributed by atoms with Crippen molar-refractivity contribution in [3.63, 3.8) is 0 Å². The van der Waals surface area contributed by atoms with Crippen LogP contribution in [-0.2, 0) is 28.9 Å². The maximum absolute atomic E-state index is 12.6. The first kappa shape index (κ1) is 25.2. The molecule has 0 unspecified atom stereocenters. The lowest BCUT2D eigenvalue weighted by atomic mass is 10.1. The number of carbonyl (C=O) groups is 2. The van der Waals surface area contributed by atoms with E-state index in [1.54, 1.807) is 18.4 Å². The predicted molar refractivity (Wildman–Crippen MR) is 138 cm³/mol. The second-order valence-electron chi connectivity index (χ2n) is 9.25. The lowest BCUT2D eigenvalue weighted by Gasteiger charge is -2.34. The van der Waals surface area contributed by atoms with Gasteiger partial charge >= 0.3 is 0 Å². The molecule has 1 aliphatic carbocycles. The van der Waals surface area contributed by atoms with Gasteiger partial charge in [-0.1, -0.05) is 18.6 Å². The number of methoxy groups -OCH3 is 1. The van der Waals surface area contributed by atoms with Crippen LogP contribution in [0.5, 0.6) is 5.75 Å². The number of ether oxygens (including phenoxy) is 1. The van der Waals surface area contributed by atoms with E-state index in [-0.39, 0.29) is 11.8 Å². The maximum Gasteiger partial charge on any atom is 0.226 e. The van der Waals surface area contributed by atoms with E-state index in [4.69, 9.17) is 4.74 Å². The number of carbonyl (C=O) groups excluding carboxylic acids is 2. The minimum atomic E-state index is -0.0455. The highest BCUT2D eigenvalue weighted by Gasteiger charge is 2.23. The van der Waals surface area contributed by atoms with E-state index in [1.165, 1.54) is 11.3 Å². The average Bonchev–Trinajstić information content (AvgIpc) is 3.04. The van der Waals surface area contributed by atoms with Crippen LogP contribution < -0.4 is 10.1 Å². The summed E-state index contributed by atoms with van der Waals surface area (Å²) in [5.74, 6) is 0.955. The molecule has 1 fully saturated rings. The van der Waals surface area contributed by atoms with Gasteiger partial charge in [0.1, 0.15) is 16.8 Å². The Labute approximate surface area is 211 Å². The van der Waals surface area contributed by atoms with Crippen LogP contribution in [-0.4, -0.2) is 61.4 Å². The van der Waals surface area contributed by atoms with Gasteiger partial charge in [0.2, 0.25) is 11.8 Å². The number of piperazine rings is 1. The molecule has 0 radical (unpaired) electrons. The zero-order valence-corrected chi connectivity index (χ0v) is 21.3. The lowest BCUT2D eigenvalue weighted by molar-refractivity contribution is -0.133. The summed E-state index contributed by atoms with van der Waals surface area (Å²) in [6.07, 6.45) is 7.03. The number of nitrogens with zero attached hydrogens (tertiary/aromatic N) is 3. The van der Waals surface area contributed by atoms with Gasteiger partial charge in [0.05, 0.1) is 12.7 Å². The van der Waals surface area contributed by atoms with Gasteiger partial charge < -0.3 is 15.0 Å². The molecule has 0 atom stereocenters. The molecule has 0 bridgehead atoms. The van der Waals surface area contributed by atoms with Crippen molar-refractivity contribution in [3.05, 3.63) is 45.8 Å². The van der Waals surface area contributed by atoms with Gasteiger partial charge in [0.15, 0.2) is 0 Å². The summed E-state index contributed by atoms with van der Waals surface area (Å²) >= 11 is 1.58. The molecule has 4 rings (SSSR count). The van der Waals surface area contributed by atoms with Crippen LogP contribution in [0.3, 0.4) is 0 Å². The Morgan fingerprint density at radius 1 is 1.06 bits per heavy atom. The molecule has 1 aromatic heterocycles. The van der Waals surface area contributed by atoms with Crippen molar-refractivity contribution >= 4 is 28.2 Å². The van der Waals surface area contributed by atoms with Gasteiger partial charge in [-0.15, -0.1) is 11.3 Å². The Morgan fingerprint density at radius 2 is 1.80 bits per heavy atom. The first-order valence-corrected chi connectivity index (χ1v) is 13.4. The predicted octanol–water partition coefficient (Wildman–Crippen LogP) is 4.00. The molecule has 2 amide bonds. The highest BCUT2D eigenvalue weighted by Crippen LogP contribution is 2.37. The summed E-state index contributed by atoms with van der Waals surface area (Å²) in [6, 6.07) is 10.2. The molecular weight excluding hydrogens is 460 g/mol. The first-order valence-electron chi connectivity index (χ1n) is 12.5. The molecule has 2 heterocycles. The number of thiophene rings is 1. The number of amides is 2. The third-order valence-corrected chi connectivity index (χ3v) is 8.16. The molecule has 8 heteroatoms. The number of anilines is 1. The lowest BCUT2D eigenvalue weighted by Crippen LogP contribution is -2.49. The number of hydrogen-bond donors (Lipinski definition) is 1. The van der Waals surface area contributed by atoms with E-state index in [9.17, 15) is 14.9 Å². The van der Waals surface area contributed by atoms with Crippen molar-refractivity contribution < 1.29 is 14.3 Å². The molecular formula is C27H34N4O3S. The molecule has 1 N–H and O–H groups in total. The van der Waals surface area contributed by atoms with E-state index < -0.39 is 0 Å². The summed E-state index contributed by atoms with van der Waals surface area (Å²) in [5.41, 5.74) is 2.95. The number of rotatable bonds is 8. The first-order chi connectivity index (χ1) is 17.1. The van der Waals surface area contributed by atoms with Crippen molar-refractivity contribution in [2.24, 2.45) is 0 Å². The monoisotopic (exact) mass is 494 g/mol. The van der Waals surface area contributed by atoms with Gasteiger partial charge in [-0.05, 0) is 55.4 Å². The van der Waals surface area contributed by atoms with E-state index >= 15 is 0 Å². The molecule has 1 aromatic carbocycles. The van der Waals surface area contributed by atoms with Gasteiger partial charge in [-0.3, -0.25) is 14.5 Å². The van der Waals surface area contributed by atoms with Gasteiger partial charge in [-0.25, -0.2) is 0 Å². The van der Waals surface area contributed by atoms with Gasteiger partial charge in [-0.2, -0.15) is 5.26 Å². The van der Waals surface area contributed by atoms with Crippen LogP contribution in [0.4, 0.5) is 5.00 Å². The molecule has 2 aromatic rings. The van der Waals surface area contributed by atoms with Crippen molar-refractivity contribution in [3.8, 4) is 11.8 Å². The number of benzene rings is 1. The number of nitrogens with one attached hydrogen (secondary N) is 1. The highest BCUT2D eigenvalue weighted by molar-refractivity contribution is 7.16. The topological polar surface area (TPSA) is 85.7 Å². The average molecular weight is 495 g/mol. The molecule has 35 heavy (non-hydrogen) atoms. The van der Waals surface area contributed by atoms with Crippen LogP contribution in [0.15, 0.2) is 24.3 Å². The van der Waals surface area contributed by atoms with Gasteiger partial charge in [0.25, 0.3) is 0 Å². The zero-order chi connectivity index (χ0) is 24.6. The summed E-state index contributed by atoms with van der Waals surface area (Å²) in [7, 11) is 1.64. The van der Waals surface area contributed by atoms with Crippen molar-refractivity contribution in [1.29, 1.82) is 5.26 Å². The summed E-state index contributed by atoms with van der Waals surface area (Å²) in [5, 5.41) is 13.4. The molecule has 0 saturated carbocycles. The molecule has 7 nitrogen and oxygen atoms in total. The SMILES string of the molecule is COc1ccc(CCC(=O)N2CCN(CCC(=O)Nc3sc4c(c3C#N)CCCCC4)CC2)cc1. The Kier molecular flexibility index (Phi) is 8.78.